The molecule has 0 aromatic carbocycles. The van der Waals surface area contributed by atoms with Crippen LogP contribution in [0.15, 0.2) is 0 Å². The van der Waals surface area contributed by atoms with E-state index in [2.05, 4.69) is 15.0 Å². The van der Waals surface area contributed by atoms with Crippen molar-refractivity contribution in [2.24, 2.45) is 0 Å². The van der Waals surface area contributed by atoms with Crippen LogP contribution in [0.1, 0.15) is 19.2 Å². The number of nitrogens with zero attached hydrogens (tertiary/aromatic N) is 5. The van der Waals surface area contributed by atoms with E-state index in [4.69, 9.17) is 4.74 Å². The molecular weight excluding hydrogens is 258 g/mol. The second-order valence-electron chi connectivity index (χ2n) is 5.23. The summed E-state index contributed by atoms with van der Waals surface area (Å²) in [6.45, 7) is 5.19. The lowest BCUT2D eigenvalue weighted by Gasteiger charge is -2.30. The van der Waals surface area contributed by atoms with Crippen LogP contribution in [-0.4, -0.2) is 66.1 Å². The lowest BCUT2D eigenvalue weighted by molar-refractivity contribution is 0.116. The number of hydrogen-bond donors (Lipinski definition) is 1. The molecule has 1 N–H and O–H groups in total. The predicted octanol–water partition coefficient (Wildman–Crippen LogP) is 0.222. The Hall–Kier alpha value is -1.47. The number of aliphatic hydroxyl groups is 1. The van der Waals surface area contributed by atoms with E-state index >= 15 is 0 Å². The smallest absolute Gasteiger partial charge is 0.230 e. The van der Waals surface area contributed by atoms with Gasteiger partial charge in [-0.3, -0.25) is 0 Å². The topological polar surface area (TPSA) is 74.6 Å². The van der Waals surface area contributed by atoms with E-state index in [0.29, 0.717) is 24.3 Å². The molecule has 0 amide bonds. The number of ether oxygens (including phenoxy) is 1. The average molecular weight is 281 g/mol. The lowest BCUT2D eigenvalue weighted by atomic mass is 10.1. The molecule has 2 atom stereocenters. The highest BCUT2D eigenvalue weighted by Gasteiger charge is 2.31. The standard InChI is InChI=1S/C13H23N5O2/c1-9-11(5-8-20-9)18(6-7-19)13-15-10(2)14-12(16-13)17(3)4/h9,11,19H,5-8H2,1-4H3/t9-,11-/m0/s1. The molecule has 0 radical (unpaired) electrons. The maximum absolute atomic E-state index is 9.33. The van der Waals surface area contributed by atoms with Crippen LogP contribution in [0.25, 0.3) is 0 Å². The molecule has 0 unspecified atom stereocenters. The van der Waals surface area contributed by atoms with E-state index in [1.165, 1.54) is 0 Å². The fraction of sp³-hybridized carbons (Fsp3) is 0.769. The van der Waals surface area contributed by atoms with Crippen molar-refractivity contribution < 1.29 is 9.84 Å². The normalized spacial score (nSPS) is 22.1. The van der Waals surface area contributed by atoms with E-state index in [0.717, 1.165) is 13.0 Å². The van der Waals surface area contributed by atoms with E-state index in [-0.39, 0.29) is 18.8 Å². The van der Waals surface area contributed by atoms with Crippen molar-refractivity contribution in [3.63, 3.8) is 0 Å². The second-order valence-corrected chi connectivity index (χ2v) is 5.23. The summed E-state index contributed by atoms with van der Waals surface area (Å²) >= 11 is 0. The fourth-order valence-corrected chi connectivity index (χ4v) is 2.43. The van der Waals surface area contributed by atoms with Crippen LogP contribution in [0.4, 0.5) is 11.9 Å². The Morgan fingerprint density at radius 1 is 1.25 bits per heavy atom. The minimum atomic E-state index is 0.0608. The van der Waals surface area contributed by atoms with Crippen LogP contribution in [0.5, 0.6) is 0 Å². The average Bonchev–Trinajstić information content (AvgIpc) is 2.81. The van der Waals surface area contributed by atoms with Crippen molar-refractivity contribution in [3.8, 4) is 0 Å². The van der Waals surface area contributed by atoms with E-state index < -0.39 is 0 Å². The maximum Gasteiger partial charge on any atom is 0.230 e. The number of anilines is 2. The molecule has 1 aliphatic rings. The van der Waals surface area contributed by atoms with Gasteiger partial charge in [-0.15, -0.1) is 0 Å². The third kappa shape index (κ3) is 3.16. The van der Waals surface area contributed by atoms with Gasteiger partial charge in [-0.05, 0) is 20.3 Å². The molecule has 1 aromatic rings. The molecule has 20 heavy (non-hydrogen) atoms. The Balaban J connectivity index is 2.33. The number of aliphatic hydroxyl groups excluding tert-OH is 1. The number of rotatable bonds is 5. The van der Waals surface area contributed by atoms with Crippen molar-refractivity contribution >= 4 is 11.9 Å². The maximum atomic E-state index is 9.33. The fourth-order valence-electron chi connectivity index (χ4n) is 2.43. The Morgan fingerprint density at radius 3 is 2.50 bits per heavy atom. The Labute approximate surface area is 119 Å². The summed E-state index contributed by atoms with van der Waals surface area (Å²) in [5.41, 5.74) is 0. The van der Waals surface area contributed by atoms with Crippen molar-refractivity contribution in [3.05, 3.63) is 5.82 Å². The second kappa shape index (κ2) is 6.32. The van der Waals surface area contributed by atoms with Gasteiger partial charge in [-0.2, -0.15) is 15.0 Å². The van der Waals surface area contributed by atoms with Gasteiger partial charge in [0.05, 0.1) is 18.8 Å². The molecule has 1 aliphatic heterocycles. The molecule has 1 fully saturated rings. The van der Waals surface area contributed by atoms with Gasteiger partial charge in [-0.25, -0.2) is 0 Å². The van der Waals surface area contributed by atoms with Gasteiger partial charge < -0.3 is 19.6 Å². The summed E-state index contributed by atoms with van der Waals surface area (Å²) in [6, 6.07) is 0.193. The van der Waals surface area contributed by atoms with Crippen molar-refractivity contribution in [2.45, 2.75) is 32.4 Å². The molecule has 1 saturated heterocycles. The SMILES string of the molecule is Cc1nc(N(C)C)nc(N(CCO)[C@H]2CCO[C@H]2C)n1. The molecular formula is C13H23N5O2. The molecule has 0 saturated carbocycles. The molecule has 2 heterocycles. The zero-order valence-electron chi connectivity index (χ0n) is 12.6. The Bertz CT molecular complexity index is 454. The summed E-state index contributed by atoms with van der Waals surface area (Å²) in [5.74, 6) is 1.91. The van der Waals surface area contributed by atoms with Crippen LogP contribution < -0.4 is 9.80 Å². The zero-order valence-corrected chi connectivity index (χ0v) is 12.6. The van der Waals surface area contributed by atoms with Crippen molar-refractivity contribution in [1.82, 2.24) is 15.0 Å². The highest BCUT2D eigenvalue weighted by Crippen LogP contribution is 2.24. The molecule has 112 valence electrons. The summed E-state index contributed by atoms with van der Waals surface area (Å²) in [7, 11) is 3.80. The molecule has 0 spiro atoms. The van der Waals surface area contributed by atoms with Crippen LogP contribution in [0.3, 0.4) is 0 Å². The summed E-state index contributed by atoms with van der Waals surface area (Å²) in [4.78, 5) is 17.1. The van der Waals surface area contributed by atoms with Gasteiger partial charge in [0.25, 0.3) is 0 Å². The molecule has 0 aliphatic carbocycles. The third-order valence-corrected chi connectivity index (χ3v) is 3.46. The summed E-state index contributed by atoms with van der Waals surface area (Å²) < 4.78 is 5.62. The van der Waals surface area contributed by atoms with Gasteiger partial charge in [0.1, 0.15) is 5.82 Å². The lowest BCUT2D eigenvalue weighted by Crippen LogP contribution is -2.43. The van der Waals surface area contributed by atoms with Gasteiger partial charge >= 0.3 is 0 Å². The minimum Gasteiger partial charge on any atom is -0.395 e. The first-order chi connectivity index (χ1) is 9.52. The Morgan fingerprint density at radius 2 is 1.95 bits per heavy atom. The first kappa shape index (κ1) is 14.9. The molecule has 0 bridgehead atoms. The van der Waals surface area contributed by atoms with Crippen LogP contribution in [0.2, 0.25) is 0 Å². The number of aryl methyl sites for hydroxylation is 1. The first-order valence-corrected chi connectivity index (χ1v) is 6.92. The quantitative estimate of drug-likeness (QED) is 0.827. The monoisotopic (exact) mass is 281 g/mol. The highest BCUT2D eigenvalue weighted by molar-refractivity contribution is 5.39. The van der Waals surface area contributed by atoms with E-state index in [1.807, 2.05) is 37.7 Å². The van der Waals surface area contributed by atoms with Crippen molar-refractivity contribution in [2.75, 3.05) is 43.7 Å². The zero-order chi connectivity index (χ0) is 14.7. The number of aromatic nitrogens is 3. The predicted molar refractivity (Wildman–Crippen MR) is 77.1 cm³/mol. The van der Waals surface area contributed by atoms with E-state index in [9.17, 15) is 5.11 Å². The van der Waals surface area contributed by atoms with Crippen LogP contribution in [0, 0.1) is 6.92 Å². The Kier molecular flexibility index (Phi) is 4.72. The van der Waals surface area contributed by atoms with Gasteiger partial charge in [0.15, 0.2) is 0 Å². The van der Waals surface area contributed by atoms with Crippen LogP contribution >= 0.6 is 0 Å². The highest BCUT2D eigenvalue weighted by atomic mass is 16.5. The molecule has 1 aromatic heterocycles. The molecule has 7 heteroatoms. The van der Waals surface area contributed by atoms with Gasteiger partial charge in [0.2, 0.25) is 11.9 Å². The van der Waals surface area contributed by atoms with Crippen LogP contribution in [-0.2, 0) is 4.74 Å². The number of hydrogen-bond acceptors (Lipinski definition) is 7. The summed E-state index contributed by atoms with van der Waals surface area (Å²) in [5, 5.41) is 9.33. The van der Waals surface area contributed by atoms with Crippen molar-refractivity contribution in [1.29, 1.82) is 0 Å². The minimum absolute atomic E-state index is 0.0608. The molecule has 2 rings (SSSR count). The largest absolute Gasteiger partial charge is 0.395 e. The van der Waals surface area contributed by atoms with Gasteiger partial charge in [-0.1, -0.05) is 0 Å². The van der Waals surface area contributed by atoms with E-state index in [1.54, 1.807) is 0 Å². The van der Waals surface area contributed by atoms with Gasteiger partial charge in [0, 0.05) is 27.2 Å². The summed E-state index contributed by atoms with van der Waals surface area (Å²) in [6.07, 6.45) is 1.03. The first-order valence-electron chi connectivity index (χ1n) is 6.92. The molecule has 7 nitrogen and oxygen atoms in total. The third-order valence-electron chi connectivity index (χ3n) is 3.46.